The summed E-state index contributed by atoms with van der Waals surface area (Å²) in [6.45, 7) is 6.95. The van der Waals surface area contributed by atoms with Crippen LogP contribution in [-0.4, -0.2) is 26.4 Å². The van der Waals surface area contributed by atoms with E-state index in [9.17, 15) is 4.79 Å². The van der Waals surface area contributed by atoms with Crippen molar-refractivity contribution in [1.82, 2.24) is 14.8 Å². The Labute approximate surface area is 223 Å². The molecule has 0 spiro atoms. The SMILES string of the molecule is CC(C)(C)c1ccc(-c2nnc(SCC(=O)Nc3cc(Cl)c(Cl)cc3Cl)n2Cc2ccco2)cc1. The first-order chi connectivity index (χ1) is 16.6. The average Bonchev–Trinajstić information content (AvgIpc) is 3.46. The Balaban J connectivity index is 1.55. The van der Waals surface area contributed by atoms with E-state index < -0.39 is 0 Å². The summed E-state index contributed by atoms with van der Waals surface area (Å²) in [4.78, 5) is 12.6. The van der Waals surface area contributed by atoms with Crippen molar-refractivity contribution in [2.75, 3.05) is 11.1 Å². The van der Waals surface area contributed by atoms with Gasteiger partial charge in [-0.25, -0.2) is 0 Å². The summed E-state index contributed by atoms with van der Waals surface area (Å²) in [5, 5.41) is 13.1. The molecule has 0 saturated heterocycles. The first kappa shape index (κ1) is 25.6. The Bertz CT molecular complexity index is 1330. The van der Waals surface area contributed by atoms with Crippen molar-refractivity contribution in [3.05, 3.63) is 81.2 Å². The number of nitrogens with zero attached hydrogens (tertiary/aromatic N) is 3. The zero-order chi connectivity index (χ0) is 25.2. The number of thioether (sulfide) groups is 1. The highest BCUT2D eigenvalue weighted by molar-refractivity contribution is 7.99. The molecule has 0 aliphatic rings. The fourth-order valence-corrected chi connectivity index (χ4v) is 4.70. The highest BCUT2D eigenvalue weighted by atomic mass is 35.5. The van der Waals surface area contributed by atoms with Crippen molar-refractivity contribution in [2.45, 2.75) is 37.9 Å². The molecule has 0 aliphatic heterocycles. The molecule has 6 nitrogen and oxygen atoms in total. The van der Waals surface area contributed by atoms with Crippen LogP contribution < -0.4 is 5.32 Å². The van der Waals surface area contributed by atoms with Crippen LogP contribution in [0.25, 0.3) is 11.4 Å². The first-order valence-electron chi connectivity index (χ1n) is 10.8. The van der Waals surface area contributed by atoms with Gasteiger partial charge in [-0.2, -0.15) is 0 Å². The summed E-state index contributed by atoms with van der Waals surface area (Å²) in [6, 6.07) is 15.0. The zero-order valence-electron chi connectivity index (χ0n) is 19.3. The number of halogens is 3. The summed E-state index contributed by atoms with van der Waals surface area (Å²) < 4.78 is 7.49. The summed E-state index contributed by atoms with van der Waals surface area (Å²) in [6.07, 6.45) is 1.62. The van der Waals surface area contributed by atoms with Crippen molar-refractivity contribution >= 4 is 58.2 Å². The summed E-state index contributed by atoms with van der Waals surface area (Å²) in [5.41, 5.74) is 2.59. The predicted molar refractivity (Wildman–Crippen MR) is 143 cm³/mol. The molecule has 182 valence electrons. The molecule has 0 radical (unpaired) electrons. The second-order valence-corrected chi connectivity index (χ2v) is 11.0. The predicted octanol–water partition coefficient (Wildman–Crippen LogP) is 7.57. The van der Waals surface area contributed by atoms with E-state index in [-0.39, 0.29) is 17.1 Å². The van der Waals surface area contributed by atoms with Gasteiger partial charge in [0.05, 0.1) is 39.3 Å². The normalized spacial score (nSPS) is 11.6. The van der Waals surface area contributed by atoms with Crippen LogP contribution >= 0.6 is 46.6 Å². The molecule has 2 heterocycles. The number of anilines is 1. The fourth-order valence-electron chi connectivity index (χ4n) is 3.36. The van der Waals surface area contributed by atoms with Gasteiger partial charge in [-0.3, -0.25) is 9.36 Å². The van der Waals surface area contributed by atoms with Gasteiger partial charge in [0.25, 0.3) is 0 Å². The molecule has 0 saturated carbocycles. The number of benzene rings is 2. The van der Waals surface area contributed by atoms with E-state index in [1.54, 1.807) is 6.26 Å². The highest BCUT2D eigenvalue weighted by Gasteiger charge is 2.19. The molecular formula is C25H23Cl3N4O2S. The zero-order valence-corrected chi connectivity index (χ0v) is 22.4. The summed E-state index contributed by atoms with van der Waals surface area (Å²) in [7, 11) is 0. The van der Waals surface area contributed by atoms with Crippen molar-refractivity contribution < 1.29 is 9.21 Å². The van der Waals surface area contributed by atoms with Crippen LogP contribution in [0.1, 0.15) is 32.1 Å². The third kappa shape index (κ3) is 6.22. The molecule has 10 heteroatoms. The fraction of sp³-hybridized carbons (Fsp3) is 0.240. The lowest BCUT2D eigenvalue weighted by Crippen LogP contribution is -2.15. The van der Waals surface area contributed by atoms with Crippen LogP contribution in [0.2, 0.25) is 15.1 Å². The molecular weight excluding hydrogens is 527 g/mol. The molecule has 0 bridgehead atoms. The van der Waals surface area contributed by atoms with E-state index in [1.165, 1.54) is 29.5 Å². The molecule has 4 rings (SSSR count). The van der Waals surface area contributed by atoms with E-state index in [2.05, 4.69) is 48.4 Å². The minimum absolute atomic E-state index is 0.0476. The third-order valence-corrected chi connectivity index (χ3v) is 7.24. The Hall–Kier alpha value is -2.45. The lowest BCUT2D eigenvalue weighted by atomic mass is 9.87. The number of carbonyl (C=O) groups is 1. The van der Waals surface area contributed by atoms with Gasteiger partial charge >= 0.3 is 0 Å². The van der Waals surface area contributed by atoms with E-state index >= 15 is 0 Å². The lowest BCUT2D eigenvalue weighted by molar-refractivity contribution is -0.113. The Morgan fingerprint density at radius 2 is 1.74 bits per heavy atom. The summed E-state index contributed by atoms with van der Waals surface area (Å²) in [5.74, 6) is 1.28. The van der Waals surface area contributed by atoms with Crippen molar-refractivity contribution in [1.29, 1.82) is 0 Å². The number of carbonyl (C=O) groups excluding carboxylic acids is 1. The average molecular weight is 550 g/mol. The van der Waals surface area contributed by atoms with Gasteiger partial charge in [0.2, 0.25) is 5.91 Å². The smallest absolute Gasteiger partial charge is 0.234 e. The number of amides is 1. The molecule has 1 amide bonds. The van der Waals surface area contributed by atoms with Gasteiger partial charge in [0, 0.05) is 5.56 Å². The monoisotopic (exact) mass is 548 g/mol. The van der Waals surface area contributed by atoms with Crippen LogP contribution in [0.3, 0.4) is 0 Å². The van der Waals surface area contributed by atoms with Crippen molar-refractivity contribution in [3.8, 4) is 11.4 Å². The second-order valence-electron chi connectivity index (χ2n) is 8.88. The quantitative estimate of drug-likeness (QED) is 0.190. The van der Waals surface area contributed by atoms with Gasteiger partial charge < -0.3 is 9.73 Å². The number of hydrogen-bond acceptors (Lipinski definition) is 5. The minimum Gasteiger partial charge on any atom is -0.467 e. The number of hydrogen-bond donors (Lipinski definition) is 1. The number of nitrogens with one attached hydrogen (secondary N) is 1. The molecule has 1 N–H and O–H groups in total. The van der Waals surface area contributed by atoms with E-state index in [0.29, 0.717) is 38.3 Å². The van der Waals surface area contributed by atoms with Crippen molar-refractivity contribution in [2.24, 2.45) is 0 Å². The topological polar surface area (TPSA) is 73.0 Å². The van der Waals surface area contributed by atoms with Crippen molar-refractivity contribution in [3.63, 3.8) is 0 Å². The maximum atomic E-state index is 12.6. The van der Waals surface area contributed by atoms with E-state index in [4.69, 9.17) is 39.2 Å². The largest absolute Gasteiger partial charge is 0.467 e. The first-order valence-corrected chi connectivity index (χ1v) is 12.9. The van der Waals surface area contributed by atoms with E-state index in [0.717, 1.165) is 11.3 Å². The molecule has 0 atom stereocenters. The number of furan rings is 1. The maximum absolute atomic E-state index is 12.6. The highest BCUT2D eigenvalue weighted by Crippen LogP contribution is 2.33. The summed E-state index contributed by atoms with van der Waals surface area (Å²) >= 11 is 19.5. The minimum atomic E-state index is -0.265. The number of rotatable bonds is 7. The number of aromatic nitrogens is 3. The van der Waals surface area contributed by atoms with Crippen LogP contribution in [0.15, 0.2) is 64.4 Å². The van der Waals surface area contributed by atoms with Gasteiger partial charge in [-0.05, 0) is 35.2 Å². The third-order valence-electron chi connectivity index (χ3n) is 5.24. The van der Waals surface area contributed by atoms with Crippen LogP contribution in [0.5, 0.6) is 0 Å². The molecule has 2 aromatic heterocycles. The molecule has 0 aliphatic carbocycles. The van der Waals surface area contributed by atoms with Gasteiger partial charge in [-0.15, -0.1) is 10.2 Å². The Kier molecular flexibility index (Phi) is 7.81. The van der Waals surface area contributed by atoms with Gasteiger partial charge in [-0.1, -0.05) is 91.6 Å². The molecule has 4 aromatic rings. The van der Waals surface area contributed by atoms with Gasteiger partial charge in [0.15, 0.2) is 11.0 Å². The van der Waals surface area contributed by atoms with Crippen LogP contribution in [0.4, 0.5) is 5.69 Å². The lowest BCUT2D eigenvalue weighted by Gasteiger charge is -2.19. The van der Waals surface area contributed by atoms with Gasteiger partial charge in [0.1, 0.15) is 5.76 Å². The Morgan fingerprint density at radius 1 is 1.03 bits per heavy atom. The van der Waals surface area contributed by atoms with Crippen LogP contribution in [0, 0.1) is 0 Å². The van der Waals surface area contributed by atoms with Crippen LogP contribution in [-0.2, 0) is 16.8 Å². The second kappa shape index (κ2) is 10.7. The molecule has 35 heavy (non-hydrogen) atoms. The Morgan fingerprint density at radius 3 is 2.40 bits per heavy atom. The molecule has 2 aromatic carbocycles. The molecule has 0 fully saturated rings. The standard InChI is InChI=1S/C25H23Cl3N4O2S/c1-25(2,3)16-8-6-15(7-9-16)23-30-31-24(32(23)13-17-5-4-10-34-17)35-14-22(33)29-21-12-19(27)18(26)11-20(21)28/h4-12H,13-14H2,1-3H3,(H,29,33). The maximum Gasteiger partial charge on any atom is 0.234 e. The molecule has 0 unspecified atom stereocenters. The van der Waals surface area contributed by atoms with E-state index in [1.807, 2.05) is 28.8 Å².